The van der Waals surface area contributed by atoms with Gasteiger partial charge in [0, 0.05) is 7.11 Å². The van der Waals surface area contributed by atoms with E-state index in [1.165, 1.54) is 19.3 Å². The molecule has 0 bridgehead atoms. The van der Waals surface area contributed by atoms with Crippen molar-refractivity contribution >= 4 is 0 Å². The first-order chi connectivity index (χ1) is 6.33. The zero-order valence-electron chi connectivity index (χ0n) is 9.57. The molecule has 0 aliphatic heterocycles. The molecular formula is C12H19LiO. The Hall–Kier alpha value is 0.117. The van der Waals surface area contributed by atoms with Crippen LogP contribution in [0.2, 0.25) is 0 Å². The maximum atomic E-state index is 5.53. The third-order valence-electron chi connectivity index (χ3n) is 2.67. The van der Waals surface area contributed by atoms with Crippen molar-refractivity contribution in [3.63, 3.8) is 0 Å². The van der Waals surface area contributed by atoms with E-state index in [-0.39, 0.29) is 24.5 Å². The largest absolute Gasteiger partial charge is 1.00 e. The normalized spacial score (nSPS) is 19.0. The van der Waals surface area contributed by atoms with Crippen LogP contribution in [0.15, 0.2) is 0 Å². The quantitative estimate of drug-likeness (QED) is 0.334. The van der Waals surface area contributed by atoms with Crippen molar-refractivity contribution in [1.29, 1.82) is 0 Å². The third kappa shape index (κ3) is 4.10. The minimum atomic E-state index is -0.118. The van der Waals surface area contributed by atoms with Gasteiger partial charge in [-0.05, 0) is 32.1 Å². The minimum absolute atomic E-state index is 0. The first kappa shape index (κ1) is 14.1. The first-order valence-corrected chi connectivity index (χ1v) is 5.17. The van der Waals surface area contributed by atoms with Gasteiger partial charge in [0.2, 0.25) is 0 Å². The molecule has 0 heterocycles. The van der Waals surface area contributed by atoms with Gasteiger partial charge in [-0.25, -0.2) is 0 Å². The average Bonchev–Trinajstić information content (AvgIpc) is 2.20. The Labute approximate surface area is 100 Å². The number of rotatable bonds is 2. The number of methoxy groups -OCH3 is 1. The molecule has 0 aromatic carbocycles. The molecule has 0 saturated heterocycles. The number of ether oxygens (including phenoxy) is 1. The van der Waals surface area contributed by atoms with E-state index in [1.807, 2.05) is 0 Å². The third-order valence-corrected chi connectivity index (χ3v) is 2.67. The van der Waals surface area contributed by atoms with E-state index in [0.29, 0.717) is 0 Å². The predicted octanol–water partition coefficient (Wildman–Crippen LogP) is -0.0426. The van der Waals surface area contributed by atoms with Gasteiger partial charge in [-0.1, -0.05) is 12.3 Å². The standard InChI is InChI=1S/C12H19O.Li/c1-3-4-6-9-12(13-2)10-7-5-8-11-12;/h1,3-5,7-8,10-11H2,2H3;/q-1;+1. The summed E-state index contributed by atoms with van der Waals surface area (Å²) in [7, 11) is 1.78. The van der Waals surface area contributed by atoms with E-state index in [4.69, 9.17) is 4.74 Å². The second-order valence-electron chi connectivity index (χ2n) is 3.66. The maximum absolute atomic E-state index is 5.53. The summed E-state index contributed by atoms with van der Waals surface area (Å²) in [6.07, 6.45) is 7.85. The van der Waals surface area contributed by atoms with Gasteiger partial charge in [0.25, 0.3) is 0 Å². The Bertz CT molecular complexity index is 196. The fourth-order valence-electron chi connectivity index (χ4n) is 1.82. The molecular weight excluding hydrogens is 167 g/mol. The van der Waals surface area contributed by atoms with Crippen LogP contribution in [0.1, 0.15) is 44.9 Å². The summed E-state index contributed by atoms with van der Waals surface area (Å²) in [4.78, 5) is 0. The van der Waals surface area contributed by atoms with Crippen LogP contribution in [0.25, 0.3) is 0 Å². The fraction of sp³-hybridized carbons (Fsp3) is 0.750. The van der Waals surface area contributed by atoms with Crippen molar-refractivity contribution in [2.24, 2.45) is 0 Å². The zero-order chi connectivity index (χ0) is 9.57. The molecule has 1 aliphatic rings. The monoisotopic (exact) mass is 186 g/mol. The van der Waals surface area contributed by atoms with Crippen molar-refractivity contribution in [2.45, 2.75) is 50.5 Å². The number of unbranched alkanes of at least 4 members (excludes halogenated alkanes) is 1. The van der Waals surface area contributed by atoms with Crippen LogP contribution in [-0.2, 0) is 4.74 Å². The molecule has 0 spiro atoms. The second kappa shape index (κ2) is 7.41. The molecule has 1 fully saturated rings. The van der Waals surface area contributed by atoms with E-state index >= 15 is 0 Å². The van der Waals surface area contributed by atoms with Crippen molar-refractivity contribution in [3.8, 4) is 11.8 Å². The molecule has 74 valence electrons. The van der Waals surface area contributed by atoms with Crippen molar-refractivity contribution in [3.05, 3.63) is 6.92 Å². The van der Waals surface area contributed by atoms with E-state index in [2.05, 4.69) is 18.8 Å². The Balaban J connectivity index is 0.00000169. The predicted molar refractivity (Wildman–Crippen MR) is 55.2 cm³/mol. The molecule has 0 N–H and O–H groups in total. The molecule has 0 aromatic heterocycles. The van der Waals surface area contributed by atoms with Gasteiger partial charge in [-0.3, -0.25) is 0 Å². The summed E-state index contributed by atoms with van der Waals surface area (Å²) in [6, 6.07) is 0. The molecule has 0 radical (unpaired) electrons. The first-order valence-electron chi connectivity index (χ1n) is 5.17. The van der Waals surface area contributed by atoms with E-state index in [1.54, 1.807) is 7.11 Å². The number of hydrogen-bond donors (Lipinski definition) is 0. The summed E-state index contributed by atoms with van der Waals surface area (Å²) >= 11 is 0. The van der Waals surface area contributed by atoms with Gasteiger partial charge < -0.3 is 11.7 Å². The maximum Gasteiger partial charge on any atom is 1.00 e. The van der Waals surface area contributed by atoms with Crippen LogP contribution in [-0.4, -0.2) is 12.7 Å². The van der Waals surface area contributed by atoms with Crippen LogP contribution >= 0.6 is 0 Å². The Morgan fingerprint density at radius 3 is 2.43 bits per heavy atom. The summed E-state index contributed by atoms with van der Waals surface area (Å²) in [6.45, 7) is 3.77. The van der Waals surface area contributed by atoms with Crippen molar-refractivity contribution in [1.82, 2.24) is 0 Å². The van der Waals surface area contributed by atoms with Crippen LogP contribution in [0.5, 0.6) is 0 Å². The molecule has 1 rings (SSSR count). The smallest absolute Gasteiger partial charge is 0.366 e. The minimum Gasteiger partial charge on any atom is -0.366 e. The summed E-state index contributed by atoms with van der Waals surface area (Å²) in [5.41, 5.74) is -0.118. The molecule has 0 unspecified atom stereocenters. The molecule has 1 nitrogen and oxygen atoms in total. The molecule has 0 amide bonds. The average molecular weight is 186 g/mol. The molecule has 1 saturated carbocycles. The molecule has 0 atom stereocenters. The van der Waals surface area contributed by atoms with E-state index in [9.17, 15) is 0 Å². The van der Waals surface area contributed by atoms with Crippen LogP contribution in [0.3, 0.4) is 0 Å². The van der Waals surface area contributed by atoms with E-state index < -0.39 is 0 Å². The van der Waals surface area contributed by atoms with Gasteiger partial charge in [0.15, 0.2) is 0 Å². The van der Waals surface area contributed by atoms with E-state index in [0.717, 1.165) is 25.7 Å². The van der Waals surface area contributed by atoms with Gasteiger partial charge in [0.1, 0.15) is 5.60 Å². The SMILES string of the molecule is [CH2-]CCC#CC1(OC)CCCCC1.[Li+]. The van der Waals surface area contributed by atoms with Gasteiger partial charge >= 0.3 is 18.9 Å². The fourth-order valence-corrected chi connectivity index (χ4v) is 1.82. The summed E-state index contributed by atoms with van der Waals surface area (Å²) in [5, 5.41) is 0. The van der Waals surface area contributed by atoms with Gasteiger partial charge in [0.05, 0.1) is 0 Å². The zero-order valence-corrected chi connectivity index (χ0v) is 9.57. The second-order valence-corrected chi connectivity index (χ2v) is 3.66. The number of hydrogen-bond acceptors (Lipinski definition) is 1. The van der Waals surface area contributed by atoms with Crippen LogP contribution < -0.4 is 18.9 Å². The summed E-state index contributed by atoms with van der Waals surface area (Å²) < 4.78 is 5.53. The van der Waals surface area contributed by atoms with Crippen molar-refractivity contribution in [2.75, 3.05) is 7.11 Å². The van der Waals surface area contributed by atoms with Crippen LogP contribution in [0, 0.1) is 18.8 Å². The molecule has 0 aromatic rings. The Morgan fingerprint density at radius 1 is 1.29 bits per heavy atom. The van der Waals surface area contributed by atoms with Crippen molar-refractivity contribution < 1.29 is 23.6 Å². The van der Waals surface area contributed by atoms with Crippen LogP contribution in [0.4, 0.5) is 0 Å². The summed E-state index contributed by atoms with van der Waals surface area (Å²) in [5.74, 6) is 6.43. The van der Waals surface area contributed by atoms with Gasteiger partial charge in [-0.15, -0.1) is 5.92 Å². The molecule has 1 aliphatic carbocycles. The van der Waals surface area contributed by atoms with Gasteiger partial charge in [-0.2, -0.15) is 6.42 Å². The molecule has 2 heteroatoms. The Kier molecular flexibility index (Phi) is 7.48. The topological polar surface area (TPSA) is 9.23 Å². The molecule has 14 heavy (non-hydrogen) atoms. The Morgan fingerprint density at radius 2 is 1.93 bits per heavy atom.